The van der Waals surface area contributed by atoms with Crippen molar-refractivity contribution in [1.29, 1.82) is 0 Å². The van der Waals surface area contributed by atoms with Gasteiger partial charge in [0, 0.05) is 29.5 Å². The van der Waals surface area contributed by atoms with Gasteiger partial charge in [0.2, 0.25) is 0 Å². The average Bonchev–Trinajstić information content (AvgIpc) is 2.80. The summed E-state index contributed by atoms with van der Waals surface area (Å²) in [6, 6.07) is 11.2. The van der Waals surface area contributed by atoms with Crippen molar-refractivity contribution in [2.45, 2.75) is 25.4 Å². The minimum atomic E-state index is 0.480. The second kappa shape index (κ2) is 5.21. The second-order valence-corrected chi connectivity index (χ2v) is 5.59. The first-order valence-electron chi connectivity index (χ1n) is 6.23. The normalized spacial score (nSPS) is 17.7. The lowest BCUT2D eigenvalue weighted by Crippen LogP contribution is -2.18. The third kappa shape index (κ3) is 2.47. The van der Waals surface area contributed by atoms with E-state index in [1.165, 1.54) is 34.0 Å². The van der Waals surface area contributed by atoms with Crippen LogP contribution >= 0.6 is 15.9 Å². The maximum Gasteiger partial charge on any atom is 0.0329 e. The number of pyridine rings is 1. The third-order valence-electron chi connectivity index (χ3n) is 3.46. The van der Waals surface area contributed by atoms with Gasteiger partial charge in [-0.05, 0) is 47.7 Å². The fraction of sp³-hybridized carbons (Fsp3) is 0.267. The Kier molecular flexibility index (Phi) is 3.43. The first-order chi connectivity index (χ1) is 8.83. The van der Waals surface area contributed by atoms with Gasteiger partial charge in [-0.3, -0.25) is 4.98 Å². The Morgan fingerprint density at radius 2 is 2.28 bits per heavy atom. The highest BCUT2D eigenvalue weighted by Gasteiger charge is 2.21. The molecule has 1 heterocycles. The van der Waals surface area contributed by atoms with E-state index in [0.29, 0.717) is 6.04 Å². The van der Waals surface area contributed by atoms with Crippen LogP contribution in [-0.2, 0) is 13.0 Å². The molecule has 18 heavy (non-hydrogen) atoms. The largest absolute Gasteiger partial charge is 0.306 e. The molecular weight excluding hydrogens is 288 g/mol. The van der Waals surface area contributed by atoms with Gasteiger partial charge in [0.05, 0.1) is 0 Å². The average molecular weight is 303 g/mol. The molecule has 2 nitrogen and oxygen atoms in total. The number of benzene rings is 1. The summed E-state index contributed by atoms with van der Waals surface area (Å²) in [6.07, 6.45) is 6.09. The smallest absolute Gasteiger partial charge is 0.0329 e. The highest BCUT2D eigenvalue weighted by Crippen LogP contribution is 2.33. The van der Waals surface area contributed by atoms with Crippen LogP contribution in [0.4, 0.5) is 0 Å². The number of halogens is 1. The van der Waals surface area contributed by atoms with Crippen LogP contribution in [0.5, 0.6) is 0 Å². The molecule has 0 saturated heterocycles. The van der Waals surface area contributed by atoms with Crippen molar-refractivity contribution in [3.8, 4) is 0 Å². The monoisotopic (exact) mass is 302 g/mol. The molecule has 1 aliphatic rings. The molecule has 0 bridgehead atoms. The summed E-state index contributed by atoms with van der Waals surface area (Å²) in [5.41, 5.74) is 4.15. The van der Waals surface area contributed by atoms with Gasteiger partial charge < -0.3 is 5.32 Å². The van der Waals surface area contributed by atoms with Crippen LogP contribution in [-0.4, -0.2) is 4.98 Å². The number of nitrogens with zero attached hydrogens (tertiary/aromatic N) is 1. The summed E-state index contributed by atoms with van der Waals surface area (Å²) in [4.78, 5) is 4.14. The molecule has 0 amide bonds. The van der Waals surface area contributed by atoms with Crippen LogP contribution in [0.2, 0.25) is 0 Å². The summed E-state index contributed by atoms with van der Waals surface area (Å²) in [5.74, 6) is 0. The van der Waals surface area contributed by atoms with Gasteiger partial charge in [0.25, 0.3) is 0 Å². The Bertz CT molecular complexity index is 539. The topological polar surface area (TPSA) is 24.9 Å². The summed E-state index contributed by atoms with van der Waals surface area (Å²) in [6.45, 7) is 0.883. The molecule has 1 unspecified atom stereocenters. The number of aryl methyl sites for hydroxylation is 1. The molecule has 1 aliphatic carbocycles. The van der Waals surface area contributed by atoms with Gasteiger partial charge in [-0.1, -0.05) is 28.1 Å². The second-order valence-electron chi connectivity index (χ2n) is 4.68. The molecule has 1 atom stereocenters. The lowest BCUT2D eigenvalue weighted by molar-refractivity contribution is 0.529. The fourth-order valence-electron chi connectivity index (χ4n) is 2.54. The van der Waals surface area contributed by atoms with E-state index in [-0.39, 0.29) is 0 Å². The van der Waals surface area contributed by atoms with Crippen molar-refractivity contribution in [3.05, 3.63) is 63.9 Å². The summed E-state index contributed by atoms with van der Waals surface area (Å²) in [5, 5.41) is 3.62. The lowest BCUT2D eigenvalue weighted by atomic mass is 10.1. The first-order valence-corrected chi connectivity index (χ1v) is 7.03. The third-order valence-corrected chi connectivity index (χ3v) is 3.95. The number of fused-ring (bicyclic) bond motifs is 1. The predicted octanol–water partition coefficient (Wildman–Crippen LogP) is 3.62. The zero-order chi connectivity index (χ0) is 12.4. The van der Waals surface area contributed by atoms with Crippen molar-refractivity contribution in [1.82, 2.24) is 10.3 Å². The zero-order valence-corrected chi connectivity index (χ0v) is 11.7. The van der Waals surface area contributed by atoms with Crippen molar-refractivity contribution in [2.75, 3.05) is 0 Å². The van der Waals surface area contributed by atoms with E-state index in [4.69, 9.17) is 0 Å². The highest BCUT2D eigenvalue weighted by atomic mass is 79.9. The molecule has 1 aromatic heterocycles. The van der Waals surface area contributed by atoms with E-state index in [9.17, 15) is 0 Å². The van der Waals surface area contributed by atoms with Gasteiger partial charge in [-0.2, -0.15) is 0 Å². The van der Waals surface area contributed by atoms with E-state index < -0.39 is 0 Å². The molecule has 0 spiro atoms. The van der Waals surface area contributed by atoms with E-state index >= 15 is 0 Å². The molecule has 0 saturated carbocycles. The lowest BCUT2D eigenvalue weighted by Gasteiger charge is -2.14. The summed E-state index contributed by atoms with van der Waals surface area (Å²) in [7, 11) is 0. The molecule has 0 fully saturated rings. The molecule has 1 N–H and O–H groups in total. The van der Waals surface area contributed by atoms with E-state index in [2.05, 4.69) is 50.5 Å². The Balaban J connectivity index is 1.70. The van der Waals surface area contributed by atoms with Crippen molar-refractivity contribution in [2.24, 2.45) is 0 Å². The number of nitrogens with one attached hydrogen (secondary N) is 1. The van der Waals surface area contributed by atoms with Crippen molar-refractivity contribution in [3.63, 3.8) is 0 Å². The molecule has 2 aromatic rings. The quantitative estimate of drug-likeness (QED) is 0.937. The van der Waals surface area contributed by atoms with Crippen molar-refractivity contribution < 1.29 is 0 Å². The SMILES string of the molecule is Brc1ccc2c(c1)CCC2NCc1cccnc1. The maximum absolute atomic E-state index is 4.14. The standard InChI is InChI=1S/C15H15BrN2/c16-13-4-5-14-12(8-13)3-6-15(14)18-10-11-2-1-7-17-9-11/h1-2,4-5,7-9,15,18H,3,6,10H2. The molecule has 0 aliphatic heterocycles. The minimum absolute atomic E-state index is 0.480. The Morgan fingerprint density at radius 1 is 1.33 bits per heavy atom. The predicted molar refractivity (Wildman–Crippen MR) is 76.3 cm³/mol. The molecule has 92 valence electrons. The van der Waals surface area contributed by atoms with Crippen LogP contribution in [0.15, 0.2) is 47.2 Å². The van der Waals surface area contributed by atoms with Crippen LogP contribution in [0.1, 0.15) is 29.2 Å². The zero-order valence-electron chi connectivity index (χ0n) is 10.1. The number of rotatable bonds is 3. The van der Waals surface area contributed by atoms with Gasteiger partial charge in [0.1, 0.15) is 0 Å². The van der Waals surface area contributed by atoms with E-state index in [0.717, 1.165) is 6.54 Å². The van der Waals surface area contributed by atoms with Crippen molar-refractivity contribution >= 4 is 15.9 Å². The Morgan fingerprint density at radius 3 is 3.11 bits per heavy atom. The van der Waals surface area contributed by atoms with E-state index in [1.54, 1.807) is 0 Å². The van der Waals surface area contributed by atoms with Gasteiger partial charge in [-0.15, -0.1) is 0 Å². The van der Waals surface area contributed by atoms with Gasteiger partial charge in [-0.25, -0.2) is 0 Å². The number of hydrogen-bond acceptors (Lipinski definition) is 2. The fourth-order valence-corrected chi connectivity index (χ4v) is 2.95. The minimum Gasteiger partial charge on any atom is -0.306 e. The molecule has 0 radical (unpaired) electrons. The van der Waals surface area contributed by atoms with Crippen LogP contribution in [0.3, 0.4) is 0 Å². The highest BCUT2D eigenvalue weighted by molar-refractivity contribution is 9.10. The Labute approximate surface area is 116 Å². The molecule has 3 rings (SSSR count). The van der Waals surface area contributed by atoms with Crippen LogP contribution in [0, 0.1) is 0 Å². The molecule has 3 heteroatoms. The summed E-state index contributed by atoms with van der Waals surface area (Å²) < 4.78 is 1.18. The maximum atomic E-state index is 4.14. The van der Waals surface area contributed by atoms with E-state index in [1.807, 2.05) is 18.5 Å². The van der Waals surface area contributed by atoms with Gasteiger partial charge >= 0.3 is 0 Å². The Hall–Kier alpha value is -1.19. The number of aromatic nitrogens is 1. The van der Waals surface area contributed by atoms with Crippen LogP contribution in [0.25, 0.3) is 0 Å². The molecular formula is C15H15BrN2. The summed E-state index contributed by atoms with van der Waals surface area (Å²) >= 11 is 3.53. The van der Waals surface area contributed by atoms with Crippen LogP contribution < -0.4 is 5.32 Å². The molecule has 1 aromatic carbocycles. The van der Waals surface area contributed by atoms with Gasteiger partial charge in [0.15, 0.2) is 0 Å². The first kappa shape index (κ1) is 11.9. The number of hydrogen-bond donors (Lipinski definition) is 1.